The number of imidazole rings is 3. The summed E-state index contributed by atoms with van der Waals surface area (Å²) in [5.74, 6) is 6.90. The zero-order valence-corrected chi connectivity index (χ0v) is 75.8. The van der Waals surface area contributed by atoms with Crippen molar-refractivity contribution in [3.8, 4) is 34.5 Å². The molecule has 126 heavy (non-hydrogen) atoms. The number of aliphatic hydroxyl groups excluding tert-OH is 1. The third kappa shape index (κ3) is 22.4. The van der Waals surface area contributed by atoms with Crippen molar-refractivity contribution in [1.82, 2.24) is 87.9 Å². The van der Waals surface area contributed by atoms with Gasteiger partial charge in [0.1, 0.15) is 57.7 Å². The van der Waals surface area contributed by atoms with Crippen molar-refractivity contribution in [3.05, 3.63) is 221 Å². The highest BCUT2D eigenvalue weighted by atomic mass is 79.9. The number of hydrogen-bond acceptors (Lipinski definition) is 24. The first kappa shape index (κ1) is 89.8. The Bertz CT molecular complexity index is 6150. The number of ether oxygens (including phenoxy) is 5. The van der Waals surface area contributed by atoms with E-state index < -0.39 is 0 Å². The number of aliphatic hydroxyl groups is 1. The molecule has 2 aromatic carbocycles. The predicted molar refractivity (Wildman–Crippen MR) is 488 cm³/mol. The van der Waals surface area contributed by atoms with Crippen molar-refractivity contribution in [1.29, 1.82) is 0 Å². The zero-order valence-electron chi connectivity index (χ0n) is 74.2. The number of aromatic nitrogens is 18. The molecule has 3 saturated carbocycles. The van der Waals surface area contributed by atoms with Crippen LogP contribution in [-0.4, -0.2) is 129 Å². The van der Waals surface area contributed by atoms with Crippen molar-refractivity contribution in [2.24, 2.45) is 21.1 Å². The molecule has 3 fully saturated rings. The first-order valence-electron chi connectivity index (χ1n) is 42.8. The number of carbonyl (C=O) groups excluding carboxylic acids is 3. The summed E-state index contributed by atoms with van der Waals surface area (Å²) in [6.45, 7) is 25.6. The van der Waals surface area contributed by atoms with E-state index in [0.717, 1.165) is 85.1 Å². The molecule has 5 N–H and O–H groups in total. The average molecular weight is 1770 g/mol. The molecule has 12 heterocycles. The van der Waals surface area contributed by atoms with E-state index in [2.05, 4.69) is 186 Å². The molecule has 0 aliphatic heterocycles. The number of fused-ring (bicyclic) bond motifs is 3. The second kappa shape index (κ2) is 39.0. The minimum atomic E-state index is -0.383. The third-order valence-corrected chi connectivity index (χ3v) is 23.0. The molecule has 0 spiro atoms. The number of nitrogens with one attached hydrogen (secondary N) is 2. The molecule has 14 aromatic rings. The fourth-order valence-corrected chi connectivity index (χ4v) is 16.4. The van der Waals surface area contributed by atoms with Crippen LogP contribution >= 0.6 is 15.9 Å². The second-order valence-electron chi connectivity index (χ2n) is 35.7. The number of carbonyl (C=O) groups is 3. The summed E-state index contributed by atoms with van der Waals surface area (Å²) in [6.07, 6.45) is 19.7. The van der Waals surface area contributed by atoms with Crippen LogP contribution in [-0.2, 0) is 93.7 Å². The number of Topliss-reactive ketones (excluding diaryl/α,β-unsaturated/α-hetero) is 3. The average Bonchev–Trinajstić information content (AvgIpc) is 1.63. The van der Waals surface area contributed by atoms with Gasteiger partial charge >= 0.3 is 0 Å². The highest BCUT2D eigenvalue weighted by Gasteiger charge is 2.38. The number of nitrogens with zero attached hydrogens (tertiary/aromatic N) is 18. The first-order chi connectivity index (χ1) is 60.2. The molecule has 12 aromatic heterocycles. The lowest BCUT2D eigenvalue weighted by atomic mass is 9.91. The van der Waals surface area contributed by atoms with Crippen molar-refractivity contribution in [2.45, 2.75) is 226 Å². The standard InChI is InChI=1S/C34H39N7O3.C27H33N7O3.C19H27N3O.C15H13BrN4O2/c1-22(42)16-24-17-25(14-15-35-24)44-26-18-28-32(36-20-26)38-33(40(28)5)37-31-19-30(34(2,3)4)41(39-31)27-12-9-13-29(27)43-21-23-10-7-6-8-11-23;1-16(35)11-17-12-18(9-10-28-17)37-19-13-21-25(29-15-19)31-26(33(21)5)30-24-14-23(27(2,3)4)34(32-24)20-7-6-8-22(20)36;1-19(2,3)17-12-18(20)21-22(17)15-10-7-11-16(15)23-13-14-8-5-4-6-9-14;1-9(21)5-10-6-11(3-4-17-10)22-12-7-13-14(18-8-12)19-15(16)20(13)2/h6-8,10-11,14-15,17-20,27,29H,9,12-13,16,21H2,1-5H3,(H,36,37,38,39);9-10,12-15,20,22,36H,6-8,11H2,1-5H3,(H,29,30,31,32);4-6,8-9,12,15-16H,7,10-11,13H2,1-3H3,(H2,20,21);3-4,6-8H,5H2,1-2H3/t27?,29-;20-,22+;15-,16+;/m100./s1. The van der Waals surface area contributed by atoms with Crippen LogP contribution in [0.1, 0.15) is 204 Å². The number of nitrogens with two attached hydrogens (primary N) is 1. The SMILES string of the molecule is CC(=O)Cc1cc(Oc2cnc3nc(Br)n(C)c3c2)ccn1.CC(=O)Cc1cc(Oc2cnc3nc(Nc4cc(C(C)(C)C)n(C5CCC[C@H]5OCc5ccccc5)n4)n(C)c3c2)ccn1.CC(=O)Cc1cc(Oc2cnc3nc(Nc4cc(C(C)(C)C)n([C@H]5CCC[C@H]5O)n4)n(C)c3c2)ccn1.CC(C)(C)c1cc(N)nn1[C@H]1CCC[C@H]1OCc1ccccc1. The van der Waals surface area contributed by atoms with Gasteiger partial charge in [0.25, 0.3) is 0 Å². The Morgan fingerprint density at radius 2 is 0.794 bits per heavy atom. The van der Waals surface area contributed by atoms with Gasteiger partial charge in [-0.1, -0.05) is 123 Å². The Balaban J connectivity index is 0.000000142. The predicted octanol–water partition coefficient (Wildman–Crippen LogP) is 18.6. The lowest BCUT2D eigenvalue weighted by Crippen LogP contribution is -2.28. The summed E-state index contributed by atoms with van der Waals surface area (Å²) in [6, 6.07) is 43.4. The van der Waals surface area contributed by atoms with Crippen LogP contribution in [0, 0.1) is 0 Å². The highest BCUT2D eigenvalue weighted by molar-refractivity contribution is 9.10. The van der Waals surface area contributed by atoms with E-state index in [0.29, 0.717) is 116 Å². The number of hydrogen-bond donors (Lipinski definition) is 4. The minimum absolute atomic E-state index is 0.0178. The Morgan fingerprint density at radius 1 is 0.437 bits per heavy atom. The van der Waals surface area contributed by atoms with Crippen LogP contribution in [0.25, 0.3) is 33.5 Å². The quantitative estimate of drug-likeness (QED) is 0.0413. The van der Waals surface area contributed by atoms with E-state index in [1.54, 1.807) is 80.5 Å². The summed E-state index contributed by atoms with van der Waals surface area (Å²) in [4.78, 5) is 73.7. The number of nitrogen functional groups attached to an aromatic ring is 1. The molecule has 30 nitrogen and oxygen atoms in total. The first-order valence-corrected chi connectivity index (χ1v) is 43.6. The lowest BCUT2D eigenvalue weighted by molar-refractivity contribution is -0.117. The van der Waals surface area contributed by atoms with E-state index in [4.69, 9.17) is 44.6 Å². The van der Waals surface area contributed by atoms with Crippen LogP contribution in [0.4, 0.5) is 29.4 Å². The van der Waals surface area contributed by atoms with Gasteiger partial charge in [0.05, 0.1) is 102 Å². The molecule has 17 rings (SSSR count). The van der Waals surface area contributed by atoms with Crippen molar-refractivity contribution in [3.63, 3.8) is 0 Å². The van der Waals surface area contributed by atoms with E-state index in [1.165, 1.54) is 37.1 Å². The Morgan fingerprint density at radius 3 is 1.17 bits per heavy atom. The smallest absolute Gasteiger partial charge is 0.210 e. The van der Waals surface area contributed by atoms with E-state index in [-0.39, 0.29) is 82.9 Å². The monoisotopic (exact) mass is 1770 g/mol. The zero-order chi connectivity index (χ0) is 89.3. The molecule has 0 bridgehead atoms. The van der Waals surface area contributed by atoms with Crippen LogP contribution in [0.5, 0.6) is 34.5 Å². The Kier molecular flexibility index (Phi) is 27.8. The number of ketones is 3. The summed E-state index contributed by atoms with van der Waals surface area (Å²) < 4.78 is 43.3. The van der Waals surface area contributed by atoms with Gasteiger partial charge in [0, 0.05) is 147 Å². The maximum atomic E-state index is 11.5. The Hall–Kier alpha value is -12.5. The fraction of sp³-hybridized carbons (Fsp3) is 0.400. The molecular weight excluding hydrogens is 1660 g/mol. The molecule has 1 unspecified atom stereocenters. The van der Waals surface area contributed by atoms with Crippen LogP contribution in [0.3, 0.4) is 0 Å². The summed E-state index contributed by atoms with van der Waals surface area (Å²) in [7, 11) is 5.73. The third-order valence-electron chi connectivity index (χ3n) is 22.3. The maximum absolute atomic E-state index is 11.5. The molecule has 0 radical (unpaired) electrons. The summed E-state index contributed by atoms with van der Waals surface area (Å²) in [5.41, 5.74) is 17.8. The van der Waals surface area contributed by atoms with Crippen molar-refractivity contribution >= 4 is 96.1 Å². The van der Waals surface area contributed by atoms with Gasteiger partial charge in [-0.05, 0) is 124 Å². The molecule has 0 amide bonds. The van der Waals surface area contributed by atoms with Crippen molar-refractivity contribution in [2.75, 3.05) is 16.4 Å². The molecule has 658 valence electrons. The topological polar surface area (TPSA) is 352 Å². The molecule has 31 heteroatoms. The van der Waals surface area contributed by atoms with Gasteiger partial charge in [-0.15, -0.1) is 0 Å². The van der Waals surface area contributed by atoms with Gasteiger partial charge in [0.15, 0.2) is 33.3 Å². The molecule has 3 aliphatic carbocycles. The van der Waals surface area contributed by atoms with Gasteiger partial charge in [-0.3, -0.25) is 43.4 Å². The van der Waals surface area contributed by atoms with Crippen molar-refractivity contribution < 1.29 is 43.2 Å². The van der Waals surface area contributed by atoms with Gasteiger partial charge < -0.3 is 58.9 Å². The normalized spacial score (nSPS) is 17.0. The number of halogens is 1. The second-order valence-corrected chi connectivity index (χ2v) is 36.4. The summed E-state index contributed by atoms with van der Waals surface area (Å²) in [5, 5.41) is 31.8. The van der Waals surface area contributed by atoms with Gasteiger partial charge in [-0.25, -0.2) is 19.9 Å². The number of pyridine rings is 6. The van der Waals surface area contributed by atoms with Gasteiger partial charge in [0.2, 0.25) is 11.9 Å². The fourth-order valence-electron chi connectivity index (χ4n) is 16.0. The maximum Gasteiger partial charge on any atom is 0.210 e. The van der Waals surface area contributed by atoms with E-state index >= 15 is 0 Å². The number of aryl methyl sites for hydroxylation is 3. The molecule has 3 aliphatic rings. The van der Waals surface area contributed by atoms with Crippen LogP contribution in [0.2, 0.25) is 0 Å². The van der Waals surface area contributed by atoms with Crippen LogP contribution in [0.15, 0.2) is 175 Å². The lowest BCUT2D eigenvalue weighted by Gasteiger charge is -2.27. The molecule has 0 saturated heterocycles. The van der Waals surface area contributed by atoms with Crippen LogP contribution < -0.4 is 30.6 Å². The summed E-state index contributed by atoms with van der Waals surface area (Å²) >= 11 is 3.36. The molecule has 6 atom stereocenters. The van der Waals surface area contributed by atoms with Gasteiger partial charge in [-0.2, -0.15) is 25.3 Å². The largest absolute Gasteiger partial charge is 0.456 e. The number of benzene rings is 2. The highest BCUT2D eigenvalue weighted by Crippen LogP contribution is 2.42. The number of rotatable bonds is 25. The Labute approximate surface area is 741 Å². The number of anilines is 5. The van der Waals surface area contributed by atoms with E-state index in [1.807, 2.05) is 94.1 Å². The minimum Gasteiger partial charge on any atom is -0.456 e. The van der Waals surface area contributed by atoms with E-state index in [9.17, 15) is 19.5 Å². The molecular formula is C95H112BrN21O9.